The molecule has 0 aliphatic carbocycles. The average Bonchev–Trinajstić information content (AvgIpc) is 3.14. The smallest absolute Gasteiger partial charge is 0.452 e. The molecule has 0 unspecified atom stereocenters. The quantitative estimate of drug-likeness (QED) is 0.567. The first-order chi connectivity index (χ1) is 14.1. The third kappa shape index (κ3) is 4.98. The van der Waals surface area contributed by atoms with Crippen LogP contribution in [-0.2, 0) is 11.0 Å². The fourth-order valence-corrected chi connectivity index (χ4v) is 2.95. The Bertz CT molecular complexity index is 1070. The minimum absolute atomic E-state index is 0.249. The van der Waals surface area contributed by atoms with E-state index >= 15 is 0 Å². The van der Waals surface area contributed by atoms with Crippen LogP contribution < -0.4 is 5.32 Å². The van der Waals surface area contributed by atoms with Crippen molar-refractivity contribution in [2.45, 2.75) is 18.6 Å². The largest absolute Gasteiger partial charge is 0.481 e. The third-order valence-electron chi connectivity index (χ3n) is 4.06. The predicted molar refractivity (Wildman–Crippen MR) is 101 cm³/mol. The molecular formula is C20H14ClF3N2O4. The van der Waals surface area contributed by atoms with Crippen molar-refractivity contribution in [2.24, 2.45) is 0 Å². The fourth-order valence-electron chi connectivity index (χ4n) is 2.75. The highest BCUT2D eigenvalue weighted by Crippen LogP contribution is 2.35. The zero-order valence-electron chi connectivity index (χ0n) is 15.1. The Kier molecular flexibility index (Phi) is 6.12. The molecule has 1 heterocycles. The minimum Gasteiger partial charge on any atom is -0.481 e. The molecule has 30 heavy (non-hydrogen) atoms. The molecule has 0 fully saturated rings. The number of halogens is 4. The van der Waals surface area contributed by atoms with Crippen molar-refractivity contribution in [3.05, 3.63) is 76.6 Å². The average molecular weight is 439 g/mol. The van der Waals surface area contributed by atoms with Gasteiger partial charge in [0.15, 0.2) is 5.69 Å². The Morgan fingerprint density at radius 1 is 1.13 bits per heavy atom. The van der Waals surface area contributed by atoms with E-state index in [2.05, 4.69) is 10.3 Å². The number of carbonyl (C=O) groups excluding carboxylic acids is 1. The van der Waals surface area contributed by atoms with Crippen LogP contribution in [0.1, 0.15) is 34.3 Å². The molecule has 0 radical (unpaired) electrons. The second-order valence-corrected chi connectivity index (χ2v) is 6.68. The molecule has 10 heteroatoms. The Morgan fingerprint density at radius 2 is 1.83 bits per heavy atom. The van der Waals surface area contributed by atoms with Crippen molar-refractivity contribution in [3.8, 4) is 11.5 Å². The predicted octanol–water partition coefficient (Wildman–Crippen LogP) is 4.96. The lowest BCUT2D eigenvalue weighted by molar-refractivity contribution is -0.153. The summed E-state index contributed by atoms with van der Waals surface area (Å²) in [4.78, 5) is 27.6. The number of carboxylic acids is 1. The number of oxazole rings is 1. The molecule has 1 atom stereocenters. The first-order valence-electron chi connectivity index (χ1n) is 8.56. The van der Waals surface area contributed by atoms with E-state index in [0.29, 0.717) is 5.56 Å². The third-order valence-corrected chi connectivity index (χ3v) is 4.29. The second-order valence-electron chi connectivity index (χ2n) is 6.24. The van der Waals surface area contributed by atoms with Crippen LogP contribution in [0.15, 0.2) is 59.0 Å². The van der Waals surface area contributed by atoms with Crippen molar-refractivity contribution < 1.29 is 32.3 Å². The molecular weight excluding hydrogens is 425 g/mol. The molecule has 1 amide bonds. The summed E-state index contributed by atoms with van der Waals surface area (Å²) in [6.07, 6.45) is -5.55. The molecule has 156 valence electrons. The molecule has 2 N–H and O–H groups in total. The van der Waals surface area contributed by atoms with Crippen molar-refractivity contribution in [1.82, 2.24) is 10.3 Å². The number of nitrogens with one attached hydrogen (secondary N) is 1. The number of aromatic nitrogens is 1. The SMILES string of the molecule is O=C(O)C[C@H](NC(=O)c1nc(-c2ccccc2)oc1C(F)(F)F)c1cccc(Cl)c1. The van der Waals surface area contributed by atoms with Crippen molar-refractivity contribution in [3.63, 3.8) is 0 Å². The topological polar surface area (TPSA) is 92.4 Å². The lowest BCUT2D eigenvalue weighted by Gasteiger charge is -2.17. The van der Waals surface area contributed by atoms with Crippen LogP contribution in [0, 0.1) is 0 Å². The maximum atomic E-state index is 13.4. The minimum atomic E-state index is -4.98. The number of carboxylic acid groups (broad SMARTS) is 1. The van der Waals surface area contributed by atoms with Gasteiger partial charge in [0.25, 0.3) is 5.91 Å². The highest BCUT2D eigenvalue weighted by Gasteiger charge is 2.42. The molecule has 6 nitrogen and oxygen atoms in total. The maximum Gasteiger partial charge on any atom is 0.452 e. The summed E-state index contributed by atoms with van der Waals surface area (Å²) in [6, 6.07) is 12.6. The van der Waals surface area contributed by atoms with Gasteiger partial charge < -0.3 is 14.8 Å². The number of hydrogen-bond donors (Lipinski definition) is 2. The first-order valence-corrected chi connectivity index (χ1v) is 8.94. The van der Waals surface area contributed by atoms with Gasteiger partial charge in [0, 0.05) is 10.6 Å². The zero-order chi connectivity index (χ0) is 21.9. The van der Waals surface area contributed by atoms with Gasteiger partial charge in [-0.05, 0) is 29.8 Å². The molecule has 3 aromatic rings. The molecule has 0 aliphatic heterocycles. The Balaban J connectivity index is 1.98. The molecule has 0 bridgehead atoms. The van der Waals surface area contributed by atoms with Gasteiger partial charge in [0.05, 0.1) is 12.5 Å². The highest BCUT2D eigenvalue weighted by atomic mass is 35.5. The van der Waals surface area contributed by atoms with E-state index in [0.717, 1.165) is 0 Å². The van der Waals surface area contributed by atoms with E-state index in [9.17, 15) is 22.8 Å². The van der Waals surface area contributed by atoms with Gasteiger partial charge in [-0.2, -0.15) is 13.2 Å². The van der Waals surface area contributed by atoms with Crippen molar-refractivity contribution in [1.29, 1.82) is 0 Å². The van der Waals surface area contributed by atoms with Gasteiger partial charge in [-0.25, -0.2) is 4.98 Å². The standard InChI is InChI=1S/C20H14ClF3N2O4/c21-13-8-4-7-12(9-13)14(10-15(27)28)25-18(29)16-17(20(22,23)24)30-19(26-16)11-5-2-1-3-6-11/h1-9,14H,10H2,(H,25,29)(H,27,28)/t14-/m0/s1. The maximum absolute atomic E-state index is 13.4. The Hall–Kier alpha value is -3.33. The van der Waals surface area contributed by atoms with E-state index < -0.39 is 42.0 Å². The number of nitrogens with zero attached hydrogens (tertiary/aromatic N) is 1. The van der Waals surface area contributed by atoms with Gasteiger partial charge in [0.1, 0.15) is 0 Å². The summed E-state index contributed by atoms with van der Waals surface area (Å²) >= 11 is 5.90. The van der Waals surface area contributed by atoms with E-state index in [4.69, 9.17) is 21.1 Å². The number of alkyl halides is 3. The Labute approximate surface area is 173 Å². The van der Waals surface area contributed by atoms with Crippen LogP contribution >= 0.6 is 11.6 Å². The van der Waals surface area contributed by atoms with E-state index in [1.165, 1.54) is 36.4 Å². The van der Waals surface area contributed by atoms with Crippen LogP contribution in [0.5, 0.6) is 0 Å². The monoisotopic (exact) mass is 438 g/mol. The molecule has 3 rings (SSSR count). The summed E-state index contributed by atoms with van der Waals surface area (Å²) in [5.74, 6) is -4.44. The normalized spacial score (nSPS) is 12.4. The van der Waals surface area contributed by atoms with Crippen molar-refractivity contribution in [2.75, 3.05) is 0 Å². The van der Waals surface area contributed by atoms with Gasteiger partial charge in [-0.15, -0.1) is 0 Å². The summed E-state index contributed by atoms with van der Waals surface area (Å²) in [5.41, 5.74) is -0.420. The van der Waals surface area contributed by atoms with Crippen LogP contribution in [0.3, 0.4) is 0 Å². The molecule has 0 saturated heterocycles. The highest BCUT2D eigenvalue weighted by molar-refractivity contribution is 6.30. The fraction of sp³-hybridized carbons (Fsp3) is 0.150. The second kappa shape index (κ2) is 8.58. The van der Waals surface area contributed by atoms with Crippen LogP contribution in [-0.4, -0.2) is 22.0 Å². The van der Waals surface area contributed by atoms with Gasteiger partial charge >= 0.3 is 12.1 Å². The van der Waals surface area contributed by atoms with E-state index in [1.807, 2.05) is 0 Å². The lowest BCUT2D eigenvalue weighted by atomic mass is 10.0. The van der Waals surface area contributed by atoms with Crippen molar-refractivity contribution >= 4 is 23.5 Å². The Morgan fingerprint density at radius 3 is 2.43 bits per heavy atom. The number of aliphatic carboxylic acids is 1. The molecule has 0 spiro atoms. The summed E-state index contributed by atoms with van der Waals surface area (Å²) in [7, 11) is 0. The van der Waals surface area contributed by atoms with Crippen LogP contribution in [0.2, 0.25) is 5.02 Å². The summed E-state index contributed by atoms with van der Waals surface area (Å²) in [6.45, 7) is 0. The molecule has 1 aromatic heterocycles. The van der Waals surface area contributed by atoms with Gasteiger partial charge in [0.2, 0.25) is 11.7 Å². The van der Waals surface area contributed by atoms with Gasteiger partial charge in [-0.3, -0.25) is 9.59 Å². The summed E-state index contributed by atoms with van der Waals surface area (Å²) in [5, 5.41) is 11.7. The molecule has 0 saturated carbocycles. The molecule has 2 aromatic carbocycles. The summed E-state index contributed by atoms with van der Waals surface area (Å²) < 4.78 is 45.1. The first kappa shape index (κ1) is 21.4. The molecule has 0 aliphatic rings. The number of benzene rings is 2. The van der Waals surface area contributed by atoms with Crippen LogP contribution in [0.25, 0.3) is 11.5 Å². The number of carbonyl (C=O) groups is 2. The van der Waals surface area contributed by atoms with E-state index in [1.54, 1.807) is 18.2 Å². The van der Waals surface area contributed by atoms with Gasteiger partial charge in [-0.1, -0.05) is 41.9 Å². The zero-order valence-corrected chi connectivity index (χ0v) is 15.9. The lowest BCUT2D eigenvalue weighted by Crippen LogP contribution is -2.31. The number of hydrogen-bond acceptors (Lipinski definition) is 4. The number of amides is 1. The number of rotatable bonds is 6. The van der Waals surface area contributed by atoms with E-state index in [-0.39, 0.29) is 16.5 Å². The van der Waals surface area contributed by atoms with Crippen LogP contribution in [0.4, 0.5) is 13.2 Å².